The highest BCUT2D eigenvalue weighted by atomic mass is 32.2. The molecule has 0 aromatic heterocycles. The fraction of sp³-hybridized carbons (Fsp3) is 0.629. The number of sulfonamides is 1. The van der Waals surface area contributed by atoms with E-state index in [1.807, 2.05) is 12.2 Å². The van der Waals surface area contributed by atoms with Gasteiger partial charge in [0.2, 0.25) is 21.8 Å². The van der Waals surface area contributed by atoms with E-state index >= 15 is 0 Å². The van der Waals surface area contributed by atoms with Crippen LogP contribution in [0.15, 0.2) is 41.6 Å². The van der Waals surface area contributed by atoms with Crippen molar-refractivity contribution in [2.24, 2.45) is 11.1 Å². The van der Waals surface area contributed by atoms with Crippen LogP contribution in [0.25, 0.3) is 0 Å². The van der Waals surface area contributed by atoms with Crippen molar-refractivity contribution < 1.29 is 41.9 Å². The van der Waals surface area contributed by atoms with Gasteiger partial charge in [0.05, 0.1) is 25.1 Å². The number of alkyl carbamates (subject to hydrolysis) is 1. The summed E-state index contributed by atoms with van der Waals surface area (Å²) >= 11 is 0. The van der Waals surface area contributed by atoms with Gasteiger partial charge in [0, 0.05) is 12.3 Å². The van der Waals surface area contributed by atoms with Crippen molar-refractivity contribution in [3.63, 3.8) is 0 Å². The summed E-state index contributed by atoms with van der Waals surface area (Å²) in [5.41, 5.74) is -0.724. The topological polar surface area (TPSA) is 182 Å². The van der Waals surface area contributed by atoms with E-state index in [0.717, 1.165) is 44.1 Å². The molecular weight excluding hydrogens is 666 g/mol. The summed E-state index contributed by atoms with van der Waals surface area (Å²) in [5.74, 6) is -1.57. The Hall–Kier alpha value is -4.14. The molecule has 1 saturated heterocycles. The number of rotatable bonds is 9. The highest BCUT2D eigenvalue weighted by molar-refractivity contribution is 7.91. The van der Waals surface area contributed by atoms with E-state index in [-0.39, 0.29) is 25.5 Å². The van der Waals surface area contributed by atoms with E-state index in [1.54, 1.807) is 31.4 Å². The number of amides is 4. The minimum Gasteiger partial charge on any atom is -0.497 e. The molecule has 0 radical (unpaired) electrons. The molecule has 2 aliphatic heterocycles. The summed E-state index contributed by atoms with van der Waals surface area (Å²) in [7, 11) is -2.29. The van der Waals surface area contributed by atoms with Gasteiger partial charge >= 0.3 is 6.09 Å². The van der Waals surface area contributed by atoms with Crippen LogP contribution in [0.1, 0.15) is 89.0 Å². The second-order valence-corrected chi connectivity index (χ2v) is 16.0. The van der Waals surface area contributed by atoms with E-state index in [2.05, 4.69) is 20.5 Å². The number of nitrogens with one attached hydrogen (secondary N) is 3. The maximum Gasteiger partial charge on any atom is 0.408 e. The summed E-state index contributed by atoms with van der Waals surface area (Å²) in [6.45, 7) is 0.00527. The summed E-state index contributed by atoms with van der Waals surface area (Å²) in [4.78, 5) is 62.1. The molecule has 15 heteroatoms. The monoisotopic (exact) mass is 713 g/mol. The van der Waals surface area contributed by atoms with Crippen molar-refractivity contribution in [2.75, 3.05) is 13.7 Å². The fourth-order valence-electron chi connectivity index (χ4n) is 7.04. The Balaban J connectivity index is 1.23. The first-order valence-corrected chi connectivity index (χ1v) is 19.3. The number of fused-ring (bicyclic) bond motifs is 2. The zero-order chi connectivity index (χ0) is 35.3. The van der Waals surface area contributed by atoms with Crippen LogP contribution in [-0.4, -0.2) is 92.1 Å². The molecule has 5 atom stereocenters. The van der Waals surface area contributed by atoms with Crippen LogP contribution in [0.2, 0.25) is 0 Å². The maximum absolute atomic E-state index is 14.3. The molecule has 4 amide bonds. The third kappa shape index (κ3) is 8.59. The number of nitrogens with zero attached hydrogens (tertiary/aromatic N) is 2. The van der Waals surface area contributed by atoms with Crippen molar-refractivity contribution >= 4 is 40.1 Å². The molecule has 1 aromatic carbocycles. The van der Waals surface area contributed by atoms with Gasteiger partial charge in [0.25, 0.3) is 5.91 Å². The molecule has 4 fully saturated rings. The van der Waals surface area contributed by atoms with E-state index < -0.39 is 68.7 Å². The molecule has 3 saturated carbocycles. The third-order valence-electron chi connectivity index (χ3n) is 10.2. The first-order valence-electron chi connectivity index (χ1n) is 17.7. The quantitative estimate of drug-likeness (QED) is 0.197. The Morgan fingerprint density at radius 2 is 1.74 bits per heavy atom. The number of oxime groups is 1. The molecule has 14 nitrogen and oxygen atoms in total. The number of benzene rings is 1. The maximum atomic E-state index is 14.3. The van der Waals surface area contributed by atoms with Gasteiger partial charge < -0.3 is 29.8 Å². The molecule has 272 valence electrons. The van der Waals surface area contributed by atoms with Crippen molar-refractivity contribution in [3.05, 3.63) is 42.0 Å². The highest BCUT2D eigenvalue weighted by Crippen LogP contribution is 2.46. The Morgan fingerprint density at radius 1 is 1.00 bits per heavy atom. The lowest BCUT2D eigenvalue weighted by molar-refractivity contribution is -0.141. The Morgan fingerprint density at radius 3 is 2.46 bits per heavy atom. The molecule has 1 unspecified atom stereocenters. The number of carbonyl (C=O) groups excluding carboxylic acids is 4. The Bertz CT molecular complexity index is 1590. The van der Waals surface area contributed by atoms with Crippen LogP contribution in [0.5, 0.6) is 5.75 Å². The Kier molecular flexibility index (Phi) is 11.0. The molecule has 3 N–H and O–H groups in total. The minimum atomic E-state index is -3.86. The van der Waals surface area contributed by atoms with Crippen LogP contribution in [0, 0.1) is 5.92 Å². The third-order valence-corrected chi connectivity index (χ3v) is 12.1. The van der Waals surface area contributed by atoms with E-state index in [9.17, 15) is 27.6 Å². The molecular formula is C35H47N5O9S. The lowest BCUT2D eigenvalue weighted by Gasteiger charge is -2.30. The normalized spacial score (nSPS) is 29.9. The first kappa shape index (κ1) is 35.7. The van der Waals surface area contributed by atoms with E-state index in [4.69, 9.17) is 14.3 Å². The summed E-state index contributed by atoms with van der Waals surface area (Å²) in [5, 5.41) is 9.14. The molecule has 6 rings (SSSR count). The second kappa shape index (κ2) is 15.4. The van der Waals surface area contributed by atoms with Gasteiger partial charge in [-0.15, -0.1) is 0 Å². The number of hydrogen-bond donors (Lipinski definition) is 3. The number of ether oxygens (including phenoxy) is 2. The predicted octanol–water partition coefficient (Wildman–Crippen LogP) is 3.06. The largest absolute Gasteiger partial charge is 0.497 e. The summed E-state index contributed by atoms with van der Waals surface area (Å²) < 4.78 is 38.5. The lowest BCUT2D eigenvalue weighted by atomic mass is 10.0. The van der Waals surface area contributed by atoms with Crippen LogP contribution >= 0.6 is 0 Å². The number of hydrogen-bond acceptors (Lipinski definition) is 10. The van der Waals surface area contributed by atoms with Crippen molar-refractivity contribution in [1.29, 1.82) is 0 Å². The average molecular weight is 714 g/mol. The van der Waals surface area contributed by atoms with Crippen LogP contribution in [0.4, 0.5) is 4.79 Å². The number of allylic oxidation sites excluding steroid dienone is 1. The average Bonchev–Trinajstić information content (AvgIpc) is 3.97. The molecule has 2 heterocycles. The first-order chi connectivity index (χ1) is 24.1. The predicted molar refractivity (Wildman–Crippen MR) is 183 cm³/mol. The van der Waals surface area contributed by atoms with Gasteiger partial charge in [0.15, 0.2) is 0 Å². The zero-order valence-electron chi connectivity index (χ0n) is 28.4. The van der Waals surface area contributed by atoms with Gasteiger partial charge in [0.1, 0.15) is 35.6 Å². The summed E-state index contributed by atoms with van der Waals surface area (Å²) in [6, 6.07) is 5.15. The second-order valence-electron chi connectivity index (χ2n) is 14.0. The zero-order valence-corrected chi connectivity index (χ0v) is 29.2. The van der Waals surface area contributed by atoms with Crippen LogP contribution in [0.3, 0.4) is 0 Å². The Labute approximate surface area is 292 Å². The van der Waals surface area contributed by atoms with Crippen molar-refractivity contribution in [1.82, 2.24) is 20.3 Å². The van der Waals surface area contributed by atoms with E-state index in [1.165, 1.54) is 11.1 Å². The van der Waals surface area contributed by atoms with Gasteiger partial charge in [-0.2, -0.15) is 0 Å². The molecule has 0 spiro atoms. The molecule has 0 bridgehead atoms. The minimum absolute atomic E-state index is 0.00527. The van der Waals surface area contributed by atoms with Crippen LogP contribution in [-0.2, 0) is 34.0 Å². The van der Waals surface area contributed by atoms with E-state index in [0.29, 0.717) is 37.9 Å². The van der Waals surface area contributed by atoms with Crippen LogP contribution < -0.4 is 20.1 Å². The summed E-state index contributed by atoms with van der Waals surface area (Å²) in [6.07, 6.45) is 11.9. The molecule has 1 aromatic rings. The smallest absolute Gasteiger partial charge is 0.408 e. The standard InChI is InChI=1S/C35H47N5O9S/c1-47-25-15-13-23(14-16-25)21-36-49-27-19-30-31(41)38-35(33(43)39-50(45,46)28-17-18-28)20-24(35)9-5-3-2-4-6-12-29(32(42)40(30)22-27)37-34(44)48-26-10-7-8-11-26/h5,9,13-16,21,24,26-30H,2-4,6-8,10-12,17-20,22H2,1H3,(H,37,44)(H,38,41)(H,39,43)/b9-5-,36-21+/t24-,27-,29+,30+,35?/m1/s1. The SMILES string of the molecule is COc1ccc(/C=N/O[C@@H]2C[C@H]3C(=O)NC4(C(=O)NS(=O)(=O)C5CC5)C[C@H]4/C=C\CCCCC[C@H](NC(=O)OC4CCCC4)C(=O)N3C2)cc1. The van der Waals surface area contributed by atoms with Gasteiger partial charge in [-0.05, 0) is 94.0 Å². The molecule has 5 aliphatic rings. The van der Waals surface area contributed by atoms with Gasteiger partial charge in [-0.1, -0.05) is 30.1 Å². The van der Waals surface area contributed by atoms with Gasteiger partial charge in [-0.25, -0.2) is 13.2 Å². The van der Waals surface area contributed by atoms with Gasteiger partial charge in [-0.3, -0.25) is 19.1 Å². The molecule has 50 heavy (non-hydrogen) atoms. The van der Waals surface area contributed by atoms with Crippen molar-refractivity contribution in [2.45, 2.75) is 119 Å². The molecule has 3 aliphatic carbocycles. The number of methoxy groups -OCH3 is 1. The fourth-order valence-corrected chi connectivity index (χ4v) is 8.40. The number of carbonyl (C=O) groups is 4. The lowest BCUT2D eigenvalue weighted by Crippen LogP contribution is -2.58. The van der Waals surface area contributed by atoms with Crippen molar-refractivity contribution in [3.8, 4) is 5.75 Å². The highest BCUT2D eigenvalue weighted by Gasteiger charge is 2.62.